The van der Waals surface area contributed by atoms with Crippen LogP contribution in [0.1, 0.15) is 10.4 Å². The second kappa shape index (κ2) is 5.11. The van der Waals surface area contributed by atoms with Crippen LogP contribution in [0.15, 0.2) is 12.1 Å². The molecule has 0 amide bonds. The number of carbonyl (C=O) groups is 3. The molecule has 1 aromatic heterocycles. The lowest BCUT2D eigenvalue weighted by Crippen LogP contribution is -2.31. The van der Waals surface area contributed by atoms with Crippen molar-refractivity contribution in [2.24, 2.45) is 5.92 Å². The Morgan fingerprint density at radius 2 is 1.47 bits per heavy atom. The summed E-state index contributed by atoms with van der Waals surface area (Å²) in [4.78, 5) is 36.5. The van der Waals surface area contributed by atoms with Gasteiger partial charge in [0.1, 0.15) is 10.3 Å². The Bertz CT molecular complexity index is 468. The van der Waals surface area contributed by atoms with Crippen LogP contribution in [-0.2, 0) is 9.59 Å². The third-order valence-electron chi connectivity index (χ3n) is 1.80. The summed E-state index contributed by atoms with van der Waals surface area (Å²) in [5.41, 5.74) is -0.218. The molecule has 1 aromatic rings. The number of aliphatic carboxylic acids is 2. The van der Waals surface area contributed by atoms with E-state index in [4.69, 9.17) is 33.4 Å². The summed E-state index contributed by atoms with van der Waals surface area (Å²) < 4.78 is 0. The molecule has 0 unspecified atom stereocenters. The number of pyridine rings is 1. The maximum Gasteiger partial charge on any atom is 0.325 e. The highest BCUT2D eigenvalue weighted by Crippen LogP contribution is 2.18. The molecule has 0 atom stereocenters. The van der Waals surface area contributed by atoms with Crippen LogP contribution in [0.3, 0.4) is 0 Å². The first-order valence-electron chi connectivity index (χ1n) is 4.16. The van der Waals surface area contributed by atoms with Crippen molar-refractivity contribution >= 4 is 40.9 Å². The van der Waals surface area contributed by atoms with Crippen molar-refractivity contribution in [2.45, 2.75) is 0 Å². The summed E-state index contributed by atoms with van der Waals surface area (Å²) in [6.45, 7) is 0. The van der Waals surface area contributed by atoms with Gasteiger partial charge >= 0.3 is 11.9 Å². The molecule has 0 aliphatic carbocycles. The van der Waals surface area contributed by atoms with E-state index < -0.39 is 23.6 Å². The van der Waals surface area contributed by atoms with Crippen LogP contribution in [0.2, 0.25) is 10.3 Å². The van der Waals surface area contributed by atoms with E-state index in [1.54, 1.807) is 0 Å². The molecule has 17 heavy (non-hydrogen) atoms. The minimum absolute atomic E-state index is 0.129. The van der Waals surface area contributed by atoms with E-state index in [0.717, 1.165) is 12.1 Å². The third-order valence-corrected chi connectivity index (χ3v) is 2.19. The smallest absolute Gasteiger partial charge is 0.325 e. The predicted molar refractivity (Wildman–Crippen MR) is 57.3 cm³/mol. The highest BCUT2D eigenvalue weighted by atomic mass is 35.5. The van der Waals surface area contributed by atoms with E-state index >= 15 is 0 Å². The van der Waals surface area contributed by atoms with Gasteiger partial charge in [-0.2, -0.15) is 0 Å². The summed E-state index contributed by atoms with van der Waals surface area (Å²) in [5, 5.41) is 17.0. The normalized spacial score (nSPS) is 10.3. The molecule has 90 valence electrons. The van der Waals surface area contributed by atoms with Gasteiger partial charge < -0.3 is 10.2 Å². The van der Waals surface area contributed by atoms with Gasteiger partial charge in [0.2, 0.25) is 5.92 Å². The summed E-state index contributed by atoms with van der Waals surface area (Å²) >= 11 is 11.0. The van der Waals surface area contributed by atoms with E-state index in [0.29, 0.717) is 0 Å². The van der Waals surface area contributed by atoms with E-state index in [1.165, 1.54) is 0 Å². The van der Waals surface area contributed by atoms with Crippen molar-refractivity contribution in [1.29, 1.82) is 0 Å². The minimum Gasteiger partial charge on any atom is -0.480 e. The Balaban J connectivity index is 3.18. The summed E-state index contributed by atoms with van der Waals surface area (Å²) in [7, 11) is 0. The first kappa shape index (κ1) is 13.4. The van der Waals surface area contributed by atoms with Crippen molar-refractivity contribution < 1.29 is 24.6 Å². The molecule has 0 saturated heterocycles. The van der Waals surface area contributed by atoms with Crippen LogP contribution < -0.4 is 0 Å². The van der Waals surface area contributed by atoms with E-state index in [1.807, 2.05) is 0 Å². The highest BCUT2D eigenvalue weighted by molar-refractivity contribution is 6.33. The van der Waals surface area contributed by atoms with Gasteiger partial charge in [-0.15, -0.1) is 0 Å². The van der Waals surface area contributed by atoms with Crippen molar-refractivity contribution in [1.82, 2.24) is 4.98 Å². The number of halogens is 2. The third kappa shape index (κ3) is 3.15. The zero-order valence-corrected chi connectivity index (χ0v) is 9.57. The maximum atomic E-state index is 11.6. The standard InChI is InChI=1S/C9H5Cl2NO5/c10-4-1-3(2-5(11)12-4)7(13)6(8(14)15)9(16)17/h1-2,6H,(H,14,15)(H,16,17). The van der Waals surface area contributed by atoms with Crippen LogP contribution in [0.4, 0.5) is 0 Å². The van der Waals surface area contributed by atoms with Crippen LogP contribution >= 0.6 is 23.2 Å². The van der Waals surface area contributed by atoms with Gasteiger partial charge in [0.05, 0.1) is 0 Å². The second-order valence-corrected chi connectivity index (χ2v) is 3.75. The molecule has 0 aliphatic heterocycles. The first-order valence-corrected chi connectivity index (χ1v) is 4.91. The van der Waals surface area contributed by atoms with Crippen molar-refractivity contribution in [3.63, 3.8) is 0 Å². The molecule has 0 fully saturated rings. The number of carbonyl (C=O) groups excluding carboxylic acids is 1. The van der Waals surface area contributed by atoms with Crippen LogP contribution in [0.25, 0.3) is 0 Å². The number of Topliss-reactive ketones (excluding diaryl/α,β-unsaturated/α-hetero) is 1. The Hall–Kier alpha value is -1.66. The lowest BCUT2D eigenvalue weighted by Gasteiger charge is -2.06. The monoisotopic (exact) mass is 277 g/mol. The number of rotatable bonds is 4. The van der Waals surface area contributed by atoms with E-state index in [-0.39, 0.29) is 15.9 Å². The zero-order chi connectivity index (χ0) is 13.2. The van der Waals surface area contributed by atoms with Crippen molar-refractivity contribution in [3.8, 4) is 0 Å². The van der Waals surface area contributed by atoms with Crippen LogP contribution in [-0.4, -0.2) is 32.9 Å². The number of nitrogens with zero attached hydrogens (tertiary/aromatic N) is 1. The average Bonchev–Trinajstić information content (AvgIpc) is 2.14. The van der Waals surface area contributed by atoms with E-state index in [9.17, 15) is 14.4 Å². The number of ketones is 1. The molecule has 1 rings (SSSR count). The number of hydrogen-bond acceptors (Lipinski definition) is 4. The molecule has 0 radical (unpaired) electrons. The molecule has 1 heterocycles. The molecular formula is C9H5Cl2NO5. The molecule has 0 saturated carbocycles. The topological polar surface area (TPSA) is 105 Å². The summed E-state index contributed by atoms with van der Waals surface area (Å²) in [5.74, 6) is -6.82. The number of carboxylic acids is 2. The second-order valence-electron chi connectivity index (χ2n) is 2.98. The molecule has 8 heteroatoms. The lowest BCUT2D eigenvalue weighted by atomic mass is 9.99. The molecular weight excluding hydrogens is 273 g/mol. The Morgan fingerprint density at radius 1 is 1.06 bits per heavy atom. The minimum atomic E-state index is -2.19. The van der Waals surface area contributed by atoms with Gasteiger partial charge in [0, 0.05) is 5.56 Å². The molecule has 2 N–H and O–H groups in total. The van der Waals surface area contributed by atoms with Crippen LogP contribution in [0.5, 0.6) is 0 Å². The number of carboxylic acid groups (broad SMARTS) is 2. The predicted octanol–water partition coefficient (Wildman–Crippen LogP) is 1.36. The molecule has 0 spiro atoms. The highest BCUT2D eigenvalue weighted by Gasteiger charge is 2.34. The van der Waals surface area contributed by atoms with Crippen molar-refractivity contribution in [3.05, 3.63) is 28.0 Å². The zero-order valence-electron chi connectivity index (χ0n) is 8.05. The molecule has 0 aromatic carbocycles. The molecule has 0 bridgehead atoms. The van der Waals surface area contributed by atoms with Gasteiger partial charge in [0.25, 0.3) is 0 Å². The largest absolute Gasteiger partial charge is 0.480 e. The van der Waals surface area contributed by atoms with Gasteiger partial charge in [-0.25, -0.2) is 4.98 Å². The molecule has 0 aliphatic rings. The average molecular weight is 278 g/mol. The number of hydrogen-bond donors (Lipinski definition) is 2. The van der Waals surface area contributed by atoms with Gasteiger partial charge in [-0.05, 0) is 12.1 Å². The Morgan fingerprint density at radius 3 is 1.82 bits per heavy atom. The van der Waals surface area contributed by atoms with Gasteiger partial charge in [-0.3, -0.25) is 14.4 Å². The first-order chi connectivity index (χ1) is 7.82. The van der Waals surface area contributed by atoms with Crippen molar-refractivity contribution in [2.75, 3.05) is 0 Å². The number of aromatic nitrogens is 1. The SMILES string of the molecule is O=C(O)C(C(=O)O)C(=O)c1cc(Cl)nc(Cl)c1. The molecule has 6 nitrogen and oxygen atoms in total. The maximum absolute atomic E-state index is 11.6. The fourth-order valence-electron chi connectivity index (χ4n) is 1.10. The summed E-state index contributed by atoms with van der Waals surface area (Å²) in [6, 6.07) is 2.10. The van der Waals surface area contributed by atoms with Crippen LogP contribution in [0, 0.1) is 5.92 Å². The van der Waals surface area contributed by atoms with Gasteiger partial charge in [0.15, 0.2) is 5.78 Å². The fourth-order valence-corrected chi connectivity index (χ4v) is 1.56. The fraction of sp³-hybridized carbons (Fsp3) is 0.111. The van der Waals surface area contributed by atoms with Gasteiger partial charge in [-0.1, -0.05) is 23.2 Å². The lowest BCUT2D eigenvalue weighted by molar-refractivity contribution is -0.151. The summed E-state index contributed by atoms with van der Waals surface area (Å²) in [6.07, 6.45) is 0. The van der Waals surface area contributed by atoms with E-state index in [2.05, 4.69) is 4.98 Å². The Labute approximate surface area is 105 Å². The Kier molecular flexibility index (Phi) is 4.03. The quantitative estimate of drug-likeness (QED) is 0.489.